The van der Waals surface area contributed by atoms with E-state index in [1.54, 1.807) is 19.2 Å². The first kappa shape index (κ1) is 10.9. The molecule has 1 atom stereocenters. The molecule has 2 N–H and O–H groups in total. The fraction of sp³-hybridized carbons (Fsp3) is 0.364. The fourth-order valence-corrected chi connectivity index (χ4v) is 1.92. The highest BCUT2D eigenvalue weighted by Crippen LogP contribution is 2.18. The molecule has 0 bridgehead atoms. The highest BCUT2D eigenvalue weighted by Gasteiger charge is 2.16. The Labute approximate surface area is 92.1 Å². The third-order valence-electron chi connectivity index (χ3n) is 2.84. The van der Waals surface area contributed by atoms with Crippen LogP contribution in [0.15, 0.2) is 23.0 Å². The van der Waals surface area contributed by atoms with Crippen molar-refractivity contribution >= 4 is 11.0 Å². The first-order valence-electron chi connectivity index (χ1n) is 5.13. The van der Waals surface area contributed by atoms with E-state index in [-0.39, 0.29) is 17.5 Å². The van der Waals surface area contributed by atoms with Gasteiger partial charge in [0.1, 0.15) is 11.3 Å². The molecule has 1 aromatic heterocycles. The predicted octanol–water partition coefficient (Wildman–Crippen LogP) is 0.999. The number of hydrogen-bond acceptors (Lipinski definition) is 2. The van der Waals surface area contributed by atoms with Crippen molar-refractivity contribution in [1.82, 2.24) is 9.13 Å². The van der Waals surface area contributed by atoms with Gasteiger partial charge in [-0.05, 0) is 19.1 Å². The van der Waals surface area contributed by atoms with Gasteiger partial charge in [-0.3, -0.25) is 9.13 Å². The molecule has 86 valence electrons. The van der Waals surface area contributed by atoms with E-state index in [1.807, 2.05) is 6.92 Å². The molecule has 4 nitrogen and oxygen atoms in total. The molecule has 0 aliphatic heterocycles. The first-order chi connectivity index (χ1) is 7.57. The van der Waals surface area contributed by atoms with Crippen molar-refractivity contribution in [3.05, 3.63) is 34.5 Å². The molecule has 0 aliphatic carbocycles. The van der Waals surface area contributed by atoms with Crippen LogP contribution >= 0.6 is 0 Å². The van der Waals surface area contributed by atoms with Gasteiger partial charge in [0, 0.05) is 19.6 Å². The molecular formula is C11H14FN3O. The van der Waals surface area contributed by atoms with Gasteiger partial charge < -0.3 is 5.73 Å². The summed E-state index contributed by atoms with van der Waals surface area (Å²) >= 11 is 0. The Kier molecular flexibility index (Phi) is 2.55. The highest BCUT2D eigenvalue weighted by atomic mass is 19.1. The number of aromatic nitrogens is 2. The Morgan fingerprint density at radius 3 is 2.81 bits per heavy atom. The van der Waals surface area contributed by atoms with Gasteiger partial charge in [0.15, 0.2) is 0 Å². The second-order valence-corrected chi connectivity index (χ2v) is 3.90. The molecule has 0 spiro atoms. The van der Waals surface area contributed by atoms with Crippen LogP contribution in [0.4, 0.5) is 4.39 Å². The normalized spacial score (nSPS) is 13.2. The highest BCUT2D eigenvalue weighted by molar-refractivity contribution is 5.76. The van der Waals surface area contributed by atoms with Crippen LogP contribution in [-0.4, -0.2) is 15.7 Å². The van der Waals surface area contributed by atoms with Crippen molar-refractivity contribution in [2.45, 2.75) is 13.0 Å². The van der Waals surface area contributed by atoms with Crippen LogP contribution in [0, 0.1) is 5.82 Å². The summed E-state index contributed by atoms with van der Waals surface area (Å²) in [5, 5.41) is 0. The summed E-state index contributed by atoms with van der Waals surface area (Å²) in [6, 6.07) is 4.53. The average molecular weight is 223 g/mol. The van der Waals surface area contributed by atoms with Gasteiger partial charge >= 0.3 is 5.69 Å². The lowest BCUT2D eigenvalue weighted by Crippen LogP contribution is -2.28. The number of para-hydroxylation sites is 1. The second kappa shape index (κ2) is 3.75. The molecule has 1 unspecified atom stereocenters. The van der Waals surface area contributed by atoms with Crippen molar-refractivity contribution in [3.63, 3.8) is 0 Å². The largest absolute Gasteiger partial charge is 0.329 e. The minimum absolute atomic E-state index is 0.141. The first-order valence-corrected chi connectivity index (χ1v) is 5.13. The number of imidazole rings is 1. The van der Waals surface area contributed by atoms with E-state index in [2.05, 4.69) is 0 Å². The third-order valence-corrected chi connectivity index (χ3v) is 2.84. The van der Waals surface area contributed by atoms with Crippen LogP contribution in [0.2, 0.25) is 0 Å². The lowest BCUT2D eigenvalue weighted by atomic mass is 10.2. The van der Waals surface area contributed by atoms with Gasteiger partial charge in [-0.25, -0.2) is 9.18 Å². The Morgan fingerprint density at radius 2 is 2.19 bits per heavy atom. The van der Waals surface area contributed by atoms with Gasteiger partial charge in [0.2, 0.25) is 0 Å². The molecule has 1 heterocycles. The molecule has 0 aliphatic rings. The number of aryl methyl sites for hydroxylation is 1. The minimum atomic E-state index is -0.389. The summed E-state index contributed by atoms with van der Waals surface area (Å²) in [6.07, 6.45) is 0. The summed E-state index contributed by atoms with van der Waals surface area (Å²) in [6.45, 7) is 2.18. The van der Waals surface area contributed by atoms with Crippen molar-refractivity contribution in [2.24, 2.45) is 12.8 Å². The number of hydrogen-bond donors (Lipinski definition) is 1. The molecule has 16 heavy (non-hydrogen) atoms. The molecule has 1 aromatic carbocycles. The molecule has 0 saturated carbocycles. The molecule has 5 heteroatoms. The lowest BCUT2D eigenvalue weighted by molar-refractivity contribution is 0.546. The number of nitrogens with zero attached hydrogens (tertiary/aromatic N) is 2. The van der Waals surface area contributed by atoms with Crippen LogP contribution in [-0.2, 0) is 7.05 Å². The quantitative estimate of drug-likeness (QED) is 0.825. The van der Waals surface area contributed by atoms with Crippen molar-refractivity contribution in [2.75, 3.05) is 6.54 Å². The van der Waals surface area contributed by atoms with Crippen molar-refractivity contribution in [3.8, 4) is 0 Å². The SMILES string of the molecule is CC(CN)n1c(=O)n(C)c2c(F)cccc21. The van der Waals surface area contributed by atoms with E-state index in [0.717, 1.165) is 0 Å². The number of benzene rings is 1. The molecule has 2 aromatic rings. The van der Waals surface area contributed by atoms with E-state index in [4.69, 9.17) is 5.73 Å². The lowest BCUT2D eigenvalue weighted by Gasteiger charge is -2.09. The van der Waals surface area contributed by atoms with E-state index in [9.17, 15) is 9.18 Å². The van der Waals surface area contributed by atoms with E-state index < -0.39 is 0 Å². The number of rotatable bonds is 2. The monoisotopic (exact) mass is 223 g/mol. The minimum Gasteiger partial charge on any atom is -0.328 e. The van der Waals surface area contributed by atoms with Crippen molar-refractivity contribution in [1.29, 1.82) is 0 Å². The zero-order valence-corrected chi connectivity index (χ0v) is 9.27. The molecular weight excluding hydrogens is 209 g/mol. The second-order valence-electron chi connectivity index (χ2n) is 3.90. The Hall–Kier alpha value is -1.62. The van der Waals surface area contributed by atoms with Crippen LogP contribution in [0.3, 0.4) is 0 Å². The molecule has 0 fully saturated rings. The zero-order chi connectivity index (χ0) is 11.9. The smallest absolute Gasteiger partial charge is 0.328 e. The maximum atomic E-state index is 13.6. The predicted molar refractivity (Wildman–Crippen MR) is 60.9 cm³/mol. The van der Waals surface area contributed by atoms with Gasteiger partial charge in [-0.2, -0.15) is 0 Å². The van der Waals surface area contributed by atoms with Crippen LogP contribution < -0.4 is 11.4 Å². The van der Waals surface area contributed by atoms with Gasteiger partial charge in [0.05, 0.1) is 5.52 Å². The summed E-state index contributed by atoms with van der Waals surface area (Å²) in [4.78, 5) is 11.9. The van der Waals surface area contributed by atoms with Crippen LogP contribution in [0.25, 0.3) is 11.0 Å². The Balaban J connectivity index is 2.90. The Morgan fingerprint density at radius 1 is 1.50 bits per heavy atom. The third kappa shape index (κ3) is 1.36. The Bertz CT molecular complexity index is 585. The van der Waals surface area contributed by atoms with Crippen LogP contribution in [0.1, 0.15) is 13.0 Å². The summed E-state index contributed by atoms with van der Waals surface area (Å²) < 4.78 is 16.4. The van der Waals surface area contributed by atoms with E-state index in [0.29, 0.717) is 17.6 Å². The average Bonchev–Trinajstić information content (AvgIpc) is 2.52. The van der Waals surface area contributed by atoms with Gasteiger partial charge in [0.25, 0.3) is 0 Å². The molecule has 2 rings (SSSR count). The standard InChI is InChI=1S/C11H14FN3O/c1-7(6-13)15-9-5-3-4-8(12)10(9)14(2)11(15)16/h3-5,7H,6,13H2,1-2H3. The number of halogens is 1. The van der Waals surface area contributed by atoms with E-state index in [1.165, 1.54) is 15.2 Å². The topological polar surface area (TPSA) is 52.9 Å². The van der Waals surface area contributed by atoms with E-state index >= 15 is 0 Å². The number of nitrogens with two attached hydrogens (primary N) is 1. The maximum Gasteiger partial charge on any atom is 0.329 e. The van der Waals surface area contributed by atoms with Gasteiger partial charge in [-0.15, -0.1) is 0 Å². The summed E-state index contributed by atoms with van der Waals surface area (Å²) in [5.41, 5.74) is 6.23. The van der Waals surface area contributed by atoms with Crippen molar-refractivity contribution < 1.29 is 4.39 Å². The zero-order valence-electron chi connectivity index (χ0n) is 9.27. The van der Waals surface area contributed by atoms with Crippen LogP contribution in [0.5, 0.6) is 0 Å². The summed E-state index contributed by atoms with van der Waals surface area (Å²) in [7, 11) is 1.56. The fourth-order valence-electron chi connectivity index (χ4n) is 1.92. The molecule has 0 saturated heterocycles. The molecule has 0 amide bonds. The summed E-state index contributed by atoms with van der Waals surface area (Å²) in [5.74, 6) is -0.389. The van der Waals surface area contributed by atoms with Gasteiger partial charge in [-0.1, -0.05) is 6.07 Å². The number of fused-ring (bicyclic) bond motifs is 1. The maximum absolute atomic E-state index is 13.6. The molecule has 0 radical (unpaired) electrons.